The van der Waals surface area contributed by atoms with E-state index in [1.54, 1.807) is 6.92 Å². The SMILES string of the molecule is CCOC(=O)Cc1nc(OC)cc(C(F)F)c1Cl. The largest absolute Gasteiger partial charge is 0.481 e. The van der Waals surface area contributed by atoms with E-state index in [1.165, 1.54) is 7.11 Å². The van der Waals surface area contributed by atoms with E-state index in [9.17, 15) is 13.6 Å². The lowest BCUT2D eigenvalue weighted by Crippen LogP contribution is -2.10. The lowest BCUT2D eigenvalue weighted by atomic mass is 10.2. The van der Waals surface area contributed by atoms with Crippen LogP contribution < -0.4 is 4.74 Å². The molecular weight excluding hydrogens is 268 g/mol. The van der Waals surface area contributed by atoms with Gasteiger partial charge < -0.3 is 9.47 Å². The molecule has 0 radical (unpaired) electrons. The second-order valence-corrected chi connectivity index (χ2v) is 3.67. The minimum Gasteiger partial charge on any atom is -0.481 e. The van der Waals surface area contributed by atoms with Gasteiger partial charge in [0.2, 0.25) is 5.88 Å². The van der Waals surface area contributed by atoms with Crippen LogP contribution in [0.1, 0.15) is 24.6 Å². The number of rotatable bonds is 5. The molecule has 0 aliphatic rings. The van der Waals surface area contributed by atoms with Gasteiger partial charge in [-0.15, -0.1) is 0 Å². The zero-order chi connectivity index (χ0) is 13.7. The number of carbonyl (C=O) groups is 1. The van der Waals surface area contributed by atoms with Gasteiger partial charge in [-0.1, -0.05) is 11.6 Å². The first kappa shape index (κ1) is 14.6. The van der Waals surface area contributed by atoms with Crippen molar-refractivity contribution in [1.29, 1.82) is 0 Å². The van der Waals surface area contributed by atoms with Crippen molar-refractivity contribution in [2.45, 2.75) is 19.8 Å². The zero-order valence-electron chi connectivity index (χ0n) is 9.87. The van der Waals surface area contributed by atoms with Gasteiger partial charge in [-0.05, 0) is 6.92 Å². The summed E-state index contributed by atoms with van der Waals surface area (Å²) < 4.78 is 34.9. The van der Waals surface area contributed by atoms with Crippen molar-refractivity contribution in [2.24, 2.45) is 0 Å². The number of halogens is 3. The fraction of sp³-hybridized carbons (Fsp3) is 0.455. The minimum absolute atomic E-state index is 0.0183. The molecule has 1 heterocycles. The van der Waals surface area contributed by atoms with Crippen LogP contribution in [0.25, 0.3) is 0 Å². The summed E-state index contributed by atoms with van der Waals surface area (Å²) in [5.74, 6) is -0.602. The Bertz CT molecular complexity index is 441. The Morgan fingerprint density at radius 1 is 1.56 bits per heavy atom. The predicted octanol–water partition coefficient (Wildman–Crippen LogP) is 2.79. The Labute approximate surface area is 108 Å². The van der Waals surface area contributed by atoms with Gasteiger partial charge in [0.15, 0.2) is 0 Å². The summed E-state index contributed by atoms with van der Waals surface area (Å²) >= 11 is 5.77. The Kier molecular flexibility index (Phi) is 5.27. The Hall–Kier alpha value is -1.43. The molecule has 0 atom stereocenters. The van der Waals surface area contributed by atoms with Gasteiger partial charge in [0.25, 0.3) is 6.43 Å². The molecule has 0 aliphatic carbocycles. The maximum atomic E-state index is 12.7. The highest BCUT2D eigenvalue weighted by atomic mass is 35.5. The number of alkyl halides is 2. The molecule has 0 amide bonds. The van der Waals surface area contributed by atoms with Crippen LogP contribution in [-0.2, 0) is 16.0 Å². The predicted molar refractivity (Wildman–Crippen MR) is 61.1 cm³/mol. The number of esters is 1. The number of methoxy groups -OCH3 is 1. The summed E-state index contributed by atoms with van der Waals surface area (Å²) in [6.45, 7) is 1.84. The molecule has 0 saturated heterocycles. The van der Waals surface area contributed by atoms with Crippen LogP contribution in [0.15, 0.2) is 6.07 Å². The van der Waals surface area contributed by atoms with Gasteiger partial charge in [0, 0.05) is 11.6 Å². The Morgan fingerprint density at radius 2 is 2.22 bits per heavy atom. The highest BCUT2D eigenvalue weighted by Gasteiger charge is 2.20. The molecule has 0 fully saturated rings. The number of carbonyl (C=O) groups excluding carboxylic acids is 1. The number of hydrogen-bond acceptors (Lipinski definition) is 4. The van der Waals surface area contributed by atoms with Crippen molar-refractivity contribution in [2.75, 3.05) is 13.7 Å². The molecule has 100 valence electrons. The molecule has 0 bridgehead atoms. The fourth-order valence-corrected chi connectivity index (χ4v) is 1.55. The zero-order valence-corrected chi connectivity index (χ0v) is 10.6. The van der Waals surface area contributed by atoms with E-state index in [-0.39, 0.29) is 29.6 Å². The number of aromatic nitrogens is 1. The van der Waals surface area contributed by atoms with E-state index >= 15 is 0 Å². The van der Waals surface area contributed by atoms with Crippen LogP contribution >= 0.6 is 11.6 Å². The van der Waals surface area contributed by atoms with Gasteiger partial charge in [-0.2, -0.15) is 0 Å². The average Bonchev–Trinajstić information content (AvgIpc) is 2.31. The summed E-state index contributed by atoms with van der Waals surface area (Å²) in [6.07, 6.45) is -3.04. The maximum absolute atomic E-state index is 12.7. The Balaban J connectivity index is 3.09. The minimum atomic E-state index is -2.77. The third kappa shape index (κ3) is 3.53. The van der Waals surface area contributed by atoms with E-state index < -0.39 is 18.0 Å². The smallest absolute Gasteiger partial charge is 0.311 e. The molecule has 18 heavy (non-hydrogen) atoms. The van der Waals surface area contributed by atoms with Crippen molar-refractivity contribution in [3.63, 3.8) is 0 Å². The second-order valence-electron chi connectivity index (χ2n) is 3.30. The second kappa shape index (κ2) is 6.49. The van der Waals surface area contributed by atoms with Crippen molar-refractivity contribution in [3.8, 4) is 5.88 Å². The quantitative estimate of drug-likeness (QED) is 0.778. The molecule has 4 nitrogen and oxygen atoms in total. The van der Waals surface area contributed by atoms with Crippen molar-refractivity contribution in [3.05, 3.63) is 22.3 Å². The van der Waals surface area contributed by atoms with Crippen molar-refractivity contribution >= 4 is 17.6 Å². The molecule has 0 spiro atoms. The molecule has 0 N–H and O–H groups in total. The van der Waals surface area contributed by atoms with Gasteiger partial charge in [0.05, 0.1) is 30.9 Å². The van der Waals surface area contributed by atoms with Crippen molar-refractivity contribution in [1.82, 2.24) is 4.98 Å². The monoisotopic (exact) mass is 279 g/mol. The lowest BCUT2D eigenvalue weighted by Gasteiger charge is -2.10. The van der Waals surface area contributed by atoms with Crippen LogP contribution in [0.5, 0.6) is 5.88 Å². The third-order valence-electron chi connectivity index (χ3n) is 2.09. The van der Waals surface area contributed by atoms with Gasteiger partial charge in [0.1, 0.15) is 0 Å². The highest BCUT2D eigenvalue weighted by molar-refractivity contribution is 6.32. The molecule has 1 aromatic rings. The van der Waals surface area contributed by atoms with E-state index in [0.717, 1.165) is 6.07 Å². The van der Waals surface area contributed by atoms with E-state index in [2.05, 4.69) is 4.98 Å². The van der Waals surface area contributed by atoms with E-state index in [1.807, 2.05) is 0 Å². The van der Waals surface area contributed by atoms with Crippen LogP contribution in [0.2, 0.25) is 5.02 Å². The summed E-state index contributed by atoms with van der Waals surface area (Å²) in [4.78, 5) is 15.2. The molecule has 1 rings (SSSR count). The Morgan fingerprint density at radius 3 is 2.72 bits per heavy atom. The van der Waals surface area contributed by atoms with Crippen LogP contribution in [-0.4, -0.2) is 24.7 Å². The molecule has 1 aromatic heterocycles. The standard InChI is InChI=1S/C11H12ClF2NO3/c1-3-18-9(16)5-7-10(12)6(11(13)14)4-8(15-7)17-2/h4,11H,3,5H2,1-2H3. The van der Waals surface area contributed by atoms with Gasteiger partial charge in [-0.3, -0.25) is 4.79 Å². The molecule has 7 heteroatoms. The fourth-order valence-electron chi connectivity index (χ4n) is 1.31. The summed E-state index contributed by atoms with van der Waals surface area (Å²) in [5.41, 5.74) is -0.396. The topological polar surface area (TPSA) is 48.4 Å². The number of nitrogens with zero attached hydrogens (tertiary/aromatic N) is 1. The summed E-state index contributed by atoms with van der Waals surface area (Å²) in [7, 11) is 1.29. The van der Waals surface area contributed by atoms with E-state index in [0.29, 0.717) is 0 Å². The first-order valence-electron chi connectivity index (χ1n) is 5.16. The molecule has 0 aromatic carbocycles. The molecular formula is C11H12ClF2NO3. The normalized spacial score (nSPS) is 10.6. The van der Waals surface area contributed by atoms with Crippen LogP contribution in [0.3, 0.4) is 0 Å². The highest BCUT2D eigenvalue weighted by Crippen LogP contribution is 2.32. The first-order chi connectivity index (χ1) is 8.49. The van der Waals surface area contributed by atoms with E-state index in [4.69, 9.17) is 21.1 Å². The number of pyridine rings is 1. The lowest BCUT2D eigenvalue weighted by molar-refractivity contribution is -0.142. The van der Waals surface area contributed by atoms with Crippen LogP contribution in [0, 0.1) is 0 Å². The average molecular weight is 280 g/mol. The van der Waals surface area contributed by atoms with Gasteiger partial charge >= 0.3 is 5.97 Å². The van der Waals surface area contributed by atoms with Crippen molar-refractivity contribution < 1.29 is 23.0 Å². The summed E-state index contributed by atoms with van der Waals surface area (Å²) in [5, 5.41) is -0.237. The van der Waals surface area contributed by atoms with Crippen LogP contribution in [0.4, 0.5) is 8.78 Å². The molecule has 0 saturated carbocycles. The number of ether oxygens (including phenoxy) is 2. The number of hydrogen-bond donors (Lipinski definition) is 0. The molecule has 0 unspecified atom stereocenters. The maximum Gasteiger partial charge on any atom is 0.311 e. The molecule has 0 aliphatic heterocycles. The third-order valence-corrected chi connectivity index (χ3v) is 2.53. The summed E-state index contributed by atoms with van der Waals surface area (Å²) in [6, 6.07) is 1.04. The van der Waals surface area contributed by atoms with Gasteiger partial charge in [-0.25, -0.2) is 13.8 Å². The first-order valence-corrected chi connectivity index (χ1v) is 5.54.